The molecule has 0 aliphatic rings. The summed E-state index contributed by atoms with van der Waals surface area (Å²) in [6.07, 6.45) is 3.04. The summed E-state index contributed by atoms with van der Waals surface area (Å²) in [4.78, 5) is 24.2. The maximum Gasteiger partial charge on any atom is 0.269 e. The summed E-state index contributed by atoms with van der Waals surface area (Å²) in [6.45, 7) is 7.28. The van der Waals surface area contributed by atoms with Crippen LogP contribution in [-0.2, 0) is 4.79 Å². The first-order valence-electron chi connectivity index (χ1n) is 6.29. The van der Waals surface area contributed by atoms with Crippen LogP contribution in [-0.4, -0.2) is 22.4 Å². The number of hydrogen-bond acceptors (Lipinski definition) is 2. The lowest BCUT2D eigenvalue weighted by atomic mass is 10.1. The zero-order valence-electron chi connectivity index (χ0n) is 12.1. The molecule has 0 radical (unpaired) electrons. The number of halogens is 1. The van der Waals surface area contributed by atoms with E-state index in [1.807, 2.05) is 20.8 Å². The predicted molar refractivity (Wildman–Crippen MR) is 80.3 cm³/mol. The van der Waals surface area contributed by atoms with Gasteiger partial charge < -0.3 is 0 Å². The molecule has 20 heavy (non-hydrogen) atoms. The Morgan fingerprint density at radius 3 is 2.20 bits per heavy atom. The van der Waals surface area contributed by atoms with Gasteiger partial charge in [-0.2, -0.15) is 0 Å². The highest BCUT2D eigenvalue weighted by Gasteiger charge is 2.27. The number of nitrogens with one attached hydrogen (secondary N) is 1. The van der Waals surface area contributed by atoms with Crippen LogP contribution in [0.3, 0.4) is 0 Å². The van der Waals surface area contributed by atoms with Gasteiger partial charge >= 0.3 is 0 Å². The fraction of sp³-hybridized carbons (Fsp3) is 0.333. The van der Waals surface area contributed by atoms with Gasteiger partial charge in [0.15, 0.2) is 0 Å². The van der Waals surface area contributed by atoms with Crippen molar-refractivity contribution in [1.82, 2.24) is 10.4 Å². The number of allylic oxidation sites excluding steroid dienone is 1. The van der Waals surface area contributed by atoms with Crippen molar-refractivity contribution in [3.8, 4) is 0 Å². The smallest absolute Gasteiger partial charge is 0.268 e. The zero-order valence-corrected chi connectivity index (χ0v) is 12.9. The number of carbonyl (C=O) groups is 2. The number of hydrogen-bond donors (Lipinski definition) is 1. The molecule has 2 amide bonds. The Morgan fingerprint density at radius 2 is 1.75 bits per heavy atom. The van der Waals surface area contributed by atoms with Crippen molar-refractivity contribution in [1.29, 1.82) is 0 Å². The topological polar surface area (TPSA) is 49.4 Å². The largest absolute Gasteiger partial charge is 0.269 e. The first-order valence-corrected chi connectivity index (χ1v) is 6.67. The first-order chi connectivity index (χ1) is 9.25. The number of carbonyl (C=O) groups excluding carboxylic acids is 2. The third kappa shape index (κ3) is 4.38. The summed E-state index contributed by atoms with van der Waals surface area (Å²) < 4.78 is 0. The van der Waals surface area contributed by atoms with Gasteiger partial charge in [-0.1, -0.05) is 17.7 Å². The second-order valence-corrected chi connectivity index (χ2v) is 5.73. The first kappa shape index (κ1) is 16.2. The van der Waals surface area contributed by atoms with Crippen LogP contribution >= 0.6 is 11.6 Å². The molecule has 0 atom stereocenters. The third-order valence-corrected chi connectivity index (χ3v) is 2.77. The summed E-state index contributed by atoms with van der Waals surface area (Å²) in [5.41, 5.74) is 2.54. The molecular weight excluding hydrogens is 276 g/mol. The van der Waals surface area contributed by atoms with Gasteiger partial charge in [0, 0.05) is 16.7 Å². The van der Waals surface area contributed by atoms with Crippen LogP contribution in [0.15, 0.2) is 36.4 Å². The molecule has 1 aromatic rings. The van der Waals surface area contributed by atoms with Crippen molar-refractivity contribution in [3.05, 3.63) is 47.0 Å². The summed E-state index contributed by atoms with van der Waals surface area (Å²) in [7, 11) is 0. The summed E-state index contributed by atoms with van der Waals surface area (Å²) >= 11 is 5.78. The van der Waals surface area contributed by atoms with E-state index < -0.39 is 5.54 Å². The van der Waals surface area contributed by atoms with E-state index in [9.17, 15) is 9.59 Å². The minimum absolute atomic E-state index is 0.276. The Balaban J connectivity index is 2.93. The van der Waals surface area contributed by atoms with Crippen molar-refractivity contribution in [2.75, 3.05) is 0 Å². The number of rotatable bonds is 2. The van der Waals surface area contributed by atoms with Crippen LogP contribution in [0.4, 0.5) is 0 Å². The molecule has 108 valence electrons. The van der Waals surface area contributed by atoms with Crippen LogP contribution in [0.5, 0.6) is 0 Å². The van der Waals surface area contributed by atoms with Crippen molar-refractivity contribution in [2.45, 2.75) is 33.2 Å². The molecule has 0 bridgehead atoms. The maximum absolute atomic E-state index is 12.1. The third-order valence-electron chi connectivity index (χ3n) is 2.52. The van der Waals surface area contributed by atoms with Crippen molar-refractivity contribution in [2.24, 2.45) is 0 Å². The highest BCUT2D eigenvalue weighted by molar-refractivity contribution is 6.30. The molecule has 0 aliphatic carbocycles. The number of hydrazine groups is 1. The number of nitrogens with zero attached hydrogens (tertiary/aromatic N) is 1. The lowest BCUT2D eigenvalue weighted by Gasteiger charge is -2.34. The zero-order chi connectivity index (χ0) is 15.3. The highest BCUT2D eigenvalue weighted by Crippen LogP contribution is 2.13. The Bertz CT molecular complexity index is 516. The van der Waals surface area contributed by atoms with Gasteiger partial charge in [-0.05, 0) is 52.0 Å². The molecule has 0 spiro atoms. The molecule has 0 heterocycles. The minimum Gasteiger partial charge on any atom is -0.268 e. The lowest BCUT2D eigenvalue weighted by molar-refractivity contribution is -0.133. The molecule has 1 aromatic carbocycles. The SMILES string of the molecule is C/C=C\C(=O)N(NC(=O)c1ccc(Cl)cc1)C(C)(C)C. The monoisotopic (exact) mass is 294 g/mol. The van der Waals surface area contributed by atoms with Crippen LogP contribution in [0.25, 0.3) is 0 Å². The van der Waals surface area contributed by atoms with Gasteiger partial charge in [-0.15, -0.1) is 0 Å². The molecule has 0 aliphatic heterocycles. The Kier molecular flexibility index (Phi) is 5.34. The molecule has 0 saturated heterocycles. The normalized spacial score (nSPS) is 11.4. The molecule has 0 saturated carbocycles. The lowest BCUT2D eigenvalue weighted by Crippen LogP contribution is -2.55. The van der Waals surface area contributed by atoms with Gasteiger partial charge in [-0.3, -0.25) is 15.0 Å². The molecule has 5 heteroatoms. The quantitative estimate of drug-likeness (QED) is 0.673. The predicted octanol–water partition coefficient (Wildman–Crippen LogP) is 3.19. The average molecular weight is 295 g/mol. The summed E-state index contributed by atoms with van der Waals surface area (Å²) in [5.74, 6) is -0.628. The van der Waals surface area contributed by atoms with E-state index >= 15 is 0 Å². The summed E-state index contributed by atoms with van der Waals surface area (Å²) in [6, 6.07) is 6.48. The summed E-state index contributed by atoms with van der Waals surface area (Å²) in [5, 5.41) is 1.86. The fourth-order valence-electron chi connectivity index (χ4n) is 1.54. The molecule has 0 fully saturated rings. The average Bonchev–Trinajstić information content (AvgIpc) is 2.35. The van der Waals surface area contributed by atoms with Crippen molar-refractivity contribution < 1.29 is 9.59 Å². The Hall–Kier alpha value is -1.81. The van der Waals surface area contributed by atoms with Gasteiger partial charge in [0.25, 0.3) is 11.8 Å². The second kappa shape index (κ2) is 6.57. The van der Waals surface area contributed by atoms with Crippen LogP contribution < -0.4 is 5.43 Å². The van der Waals surface area contributed by atoms with E-state index in [0.29, 0.717) is 10.6 Å². The molecule has 0 aromatic heterocycles. The van der Waals surface area contributed by atoms with E-state index in [2.05, 4.69) is 5.43 Å². The minimum atomic E-state index is -0.529. The number of benzene rings is 1. The standard InChI is InChI=1S/C15H19ClN2O2/c1-5-6-13(19)18(15(2,3)4)17-14(20)11-7-9-12(16)10-8-11/h5-10H,1-4H3,(H,17,20)/b6-5-. The van der Waals surface area contributed by atoms with E-state index in [0.717, 1.165) is 0 Å². The fourth-order valence-corrected chi connectivity index (χ4v) is 1.66. The van der Waals surface area contributed by atoms with Gasteiger partial charge in [0.1, 0.15) is 0 Å². The van der Waals surface area contributed by atoms with E-state index in [1.54, 1.807) is 37.3 Å². The molecule has 4 nitrogen and oxygen atoms in total. The van der Waals surface area contributed by atoms with E-state index in [-0.39, 0.29) is 11.8 Å². The van der Waals surface area contributed by atoms with Crippen LogP contribution in [0.1, 0.15) is 38.1 Å². The molecule has 1 rings (SSSR count). The van der Waals surface area contributed by atoms with E-state index in [4.69, 9.17) is 11.6 Å². The Morgan fingerprint density at radius 1 is 1.20 bits per heavy atom. The second-order valence-electron chi connectivity index (χ2n) is 5.29. The molecule has 0 unspecified atom stereocenters. The van der Waals surface area contributed by atoms with Crippen molar-refractivity contribution >= 4 is 23.4 Å². The van der Waals surface area contributed by atoms with Crippen LogP contribution in [0, 0.1) is 0 Å². The molecule has 1 N–H and O–H groups in total. The van der Waals surface area contributed by atoms with Crippen molar-refractivity contribution in [3.63, 3.8) is 0 Å². The van der Waals surface area contributed by atoms with Gasteiger partial charge in [-0.25, -0.2) is 5.01 Å². The van der Waals surface area contributed by atoms with E-state index in [1.165, 1.54) is 11.1 Å². The Labute approximate surface area is 124 Å². The van der Waals surface area contributed by atoms with Crippen LogP contribution in [0.2, 0.25) is 5.02 Å². The highest BCUT2D eigenvalue weighted by atomic mass is 35.5. The number of amides is 2. The maximum atomic E-state index is 12.1. The van der Waals surface area contributed by atoms with Gasteiger partial charge in [0.2, 0.25) is 0 Å². The molecular formula is C15H19ClN2O2. The van der Waals surface area contributed by atoms with Gasteiger partial charge in [0.05, 0.1) is 5.54 Å².